The quantitative estimate of drug-likeness (QED) is 0.0174. The maximum absolute atomic E-state index is 13.8. The van der Waals surface area contributed by atoms with Gasteiger partial charge in [0.05, 0.1) is 164 Å². The second-order valence-corrected chi connectivity index (χ2v) is 33.2. The van der Waals surface area contributed by atoms with Gasteiger partial charge < -0.3 is 175 Å². The molecule has 10 aliphatic rings. The van der Waals surface area contributed by atoms with Crippen LogP contribution in [0.2, 0.25) is 0 Å². The third kappa shape index (κ3) is 25.4. The molecule has 11 unspecified atom stereocenters. The van der Waals surface area contributed by atoms with Crippen LogP contribution in [0.3, 0.4) is 0 Å². The highest BCUT2D eigenvalue weighted by molar-refractivity contribution is 7.15. The van der Waals surface area contributed by atoms with E-state index < -0.39 is 146 Å². The van der Waals surface area contributed by atoms with Crippen LogP contribution >= 0.6 is 9.24 Å². The van der Waals surface area contributed by atoms with E-state index in [-0.39, 0.29) is 164 Å². The molecular formula is C90H126N5O37P. The molecule has 738 valence electrons. The van der Waals surface area contributed by atoms with E-state index in [9.17, 15) is 64.2 Å². The number of likely N-dealkylation sites (N-methyl/N-ethyl adjacent to an activating group) is 2. The van der Waals surface area contributed by atoms with Gasteiger partial charge in [-0.15, -0.1) is 9.24 Å². The number of nitrogens with two attached hydrogens (primary N) is 1. The molecule has 2 amide bonds. The van der Waals surface area contributed by atoms with Crippen molar-refractivity contribution >= 4 is 50.7 Å². The van der Waals surface area contributed by atoms with Gasteiger partial charge in [0.1, 0.15) is 60.4 Å². The number of methoxy groups -OCH3 is 2. The van der Waals surface area contributed by atoms with E-state index in [1.807, 2.05) is 0 Å². The van der Waals surface area contributed by atoms with Crippen LogP contribution in [-0.4, -0.2) is 356 Å². The number of cyclic esters (lactones) is 2. The number of fused-ring (bicyclic) bond motifs is 6. The van der Waals surface area contributed by atoms with Gasteiger partial charge >= 0.3 is 24.1 Å². The fourth-order valence-electron chi connectivity index (χ4n) is 17.8. The molecule has 14 rings (SSSR count). The normalized spacial score (nSPS) is 27.4. The summed E-state index contributed by atoms with van der Waals surface area (Å²) in [6.45, 7) is 9.35. The number of ketones is 3. The van der Waals surface area contributed by atoms with Crippen molar-refractivity contribution in [1.82, 2.24) is 20.4 Å². The van der Waals surface area contributed by atoms with Gasteiger partial charge in [-0.3, -0.25) is 19.2 Å². The second kappa shape index (κ2) is 49.6. The average molecular weight is 1900 g/mol. The molecule has 10 N–H and O–H groups in total. The number of ether oxygens (including phenoxy) is 24. The summed E-state index contributed by atoms with van der Waals surface area (Å²) in [6, 6.07) is 13.6. The summed E-state index contributed by atoms with van der Waals surface area (Å²) in [7, 11) is 8.12. The summed E-state index contributed by atoms with van der Waals surface area (Å²) in [4.78, 5) is 92.5. The third-order valence-corrected chi connectivity index (χ3v) is 24.4. The summed E-state index contributed by atoms with van der Waals surface area (Å²) in [5, 5.41) is 72.8. The molecular weight excluding hydrogens is 1770 g/mol. The zero-order valence-electron chi connectivity index (χ0n) is 76.8. The van der Waals surface area contributed by atoms with E-state index in [1.54, 1.807) is 76.3 Å². The Bertz CT molecular complexity index is 4530. The van der Waals surface area contributed by atoms with Crippen LogP contribution in [-0.2, 0) is 113 Å². The molecule has 0 saturated carbocycles. The Morgan fingerprint density at radius 2 is 0.932 bits per heavy atom. The molecule has 6 fully saturated rings. The molecule has 2 spiro atoms. The fourth-order valence-corrected chi connectivity index (χ4v) is 17.8. The maximum Gasteiger partial charge on any atom is 0.415 e. The Hall–Kier alpha value is -8.32. The first-order valence-corrected chi connectivity index (χ1v) is 45.2. The Balaban J connectivity index is 0.000000235. The second-order valence-electron chi connectivity index (χ2n) is 33.2. The minimum absolute atomic E-state index is 0.00296. The highest BCUT2D eigenvalue weighted by atomic mass is 31.0. The summed E-state index contributed by atoms with van der Waals surface area (Å²) in [6.07, 6.45) is -11.1. The van der Waals surface area contributed by atoms with Crippen molar-refractivity contribution in [3.8, 4) is 46.0 Å². The number of hydrogen-bond donors (Lipinski definition) is 9. The number of aliphatic hydroxyl groups excluding tert-OH is 6. The molecule has 4 aromatic rings. The number of benzene rings is 4. The van der Waals surface area contributed by atoms with Crippen LogP contribution in [0.5, 0.6) is 46.0 Å². The number of nitrogens with one attached hydrogen (secondary N) is 2. The number of nitrogens with zero attached hydrogens (tertiary/aromatic N) is 2. The molecule has 6 saturated heterocycles. The number of amides is 2. The molecule has 43 heteroatoms. The number of carbonyl (C=O) groups excluding carboxylic acids is 7. The van der Waals surface area contributed by atoms with Gasteiger partial charge in [0.15, 0.2) is 71.2 Å². The Morgan fingerprint density at radius 3 is 1.33 bits per heavy atom. The molecule has 8 heterocycles. The number of hydrogen-bond acceptors (Lipinski definition) is 40. The molecule has 42 nitrogen and oxygen atoms in total. The van der Waals surface area contributed by atoms with E-state index >= 15 is 0 Å². The van der Waals surface area contributed by atoms with Crippen LogP contribution in [0.25, 0.3) is 0 Å². The number of rotatable bonds is 44. The van der Waals surface area contributed by atoms with Gasteiger partial charge in [0.25, 0.3) is 0 Å². The summed E-state index contributed by atoms with van der Waals surface area (Å²) >= 11 is 0. The molecule has 19 atom stereocenters. The van der Waals surface area contributed by atoms with Gasteiger partial charge in [0.2, 0.25) is 19.3 Å². The monoisotopic (exact) mass is 1900 g/mol. The Labute approximate surface area is 773 Å². The van der Waals surface area contributed by atoms with E-state index in [0.29, 0.717) is 155 Å². The minimum atomic E-state index is -1.53. The van der Waals surface area contributed by atoms with Crippen LogP contribution in [0.4, 0.5) is 9.59 Å². The first-order valence-electron chi connectivity index (χ1n) is 45.1. The smallest absolute Gasteiger partial charge is 0.415 e. The molecule has 0 bridgehead atoms. The van der Waals surface area contributed by atoms with E-state index in [4.69, 9.17) is 121 Å². The van der Waals surface area contributed by atoms with Crippen molar-refractivity contribution in [2.75, 3.05) is 213 Å². The lowest BCUT2D eigenvalue weighted by Gasteiger charge is -2.50. The number of esters is 2. The SMILES string of the molecule is CC1OCCC2(COC(O[C@@H]3c4cc5c(cc4[C@@H](c4cc(CO)c(OC(=O)N(C)CCNCC(=O)COCCOCCOCCN)c(CO)c4)[C@H]4C(=O)OC[C@@H]43)OCO5)C(O)C2O)O1.COc1cc([C@H]2c3cc4c(cc3[C@H](OC3OCC5(CCOC(C)O5)C(O)C3O)[C@@H]3COC(=O)[C@@H]23)OCO4)cc(OC)c1OC(=O)N(C)CCNCC(=O)COCCOCCOCCCC(C)=O.[2H]CP. The Kier molecular flexibility index (Phi) is 38.1. The standard InChI is InChI=1S/C46H62N2O19.C43H59N3O18.CH5P/c1-26(49)7-6-11-57-13-14-58-15-16-59-22-29(50)21-47-9-10-48(3)45(54)66-41-35(55-4)17-28(18-36(41)56-5)37-30-19-33-34(64-25-63-33)20-31(30)40(32-23-61-43(53)38(32)37)65-44-39(51)42(52)46(24-62-44)8-12-60-27(2)67-46;1-24-57-7-3-43(64-24)22-59-41(36(50)39(43)51)62-38-30-16-33-32(60-23-61-33)15-29(30)34(35-31(38)21-58-40(35)52)25-13-26(18-47)37(27(14-25)19-48)63-42(53)46(2)6-5-45-17-28(49)20-56-12-11-55-10-9-54-8-4-44;1-2/h17-20,27,32,37-40,42,44,47,51-52H,6-16,21-25H2,1-5H3;13-16,24,31,34-36,38-39,41,45,47-48,50-51H,3-12,17-23,44H2,1-2H3;2H2,1H3/t27?,32-,37+,38-,39?,40+,42?,44?,46?;24?,31-,34+,35-,36?,38+,39?,41?,43?;/m10./s1/i;;1D. The maximum atomic E-state index is 13.8. The van der Waals surface area contributed by atoms with Crippen molar-refractivity contribution in [3.63, 3.8) is 0 Å². The summed E-state index contributed by atoms with van der Waals surface area (Å²) in [5.74, 6) is -3.60. The molecule has 0 aromatic heterocycles. The van der Waals surface area contributed by atoms with Crippen LogP contribution in [0.1, 0.15) is 116 Å². The van der Waals surface area contributed by atoms with Crippen molar-refractivity contribution < 1.29 is 179 Å². The zero-order valence-corrected chi connectivity index (χ0v) is 76.9. The predicted molar refractivity (Wildman–Crippen MR) is 464 cm³/mol. The van der Waals surface area contributed by atoms with Crippen molar-refractivity contribution in [2.24, 2.45) is 29.4 Å². The Morgan fingerprint density at radius 1 is 0.541 bits per heavy atom. The van der Waals surface area contributed by atoms with Gasteiger partial charge in [-0.25, -0.2) is 9.59 Å². The molecule has 2 aliphatic carbocycles. The molecule has 133 heavy (non-hydrogen) atoms. The zero-order chi connectivity index (χ0) is 95.8. The molecule has 4 aromatic carbocycles. The highest BCUT2D eigenvalue weighted by Crippen LogP contribution is 2.60. The van der Waals surface area contributed by atoms with Gasteiger partial charge in [0, 0.05) is 109 Å². The molecule has 8 aliphatic heterocycles. The number of aliphatic hydroxyl groups is 6. The lowest BCUT2D eigenvalue weighted by molar-refractivity contribution is -0.361. The van der Waals surface area contributed by atoms with Crippen molar-refractivity contribution in [3.05, 3.63) is 93.0 Å². The molecule has 0 radical (unpaired) electrons. The number of Topliss-reactive ketones (excluding diaryl/α,β-unsaturated/α-hetero) is 3. The summed E-state index contributed by atoms with van der Waals surface area (Å²) in [5.41, 5.74) is 6.81. The van der Waals surface area contributed by atoms with Crippen LogP contribution in [0, 0.1) is 23.7 Å². The van der Waals surface area contributed by atoms with E-state index in [0.717, 1.165) is 0 Å². The lowest BCUT2D eigenvalue weighted by atomic mass is 9.66. The van der Waals surface area contributed by atoms with Gasteiger partial charge in [-0.2, -0.15) is 0 Å². The average Bonchev–Trinajstić information content (AvgIpc) is 1.47. The number of carbonyl (C=O) groups is 7. The fraction of sp³-hybridized carbons (Fsp3) is 0.656. The largest absolute Gasteiger partial charge is 0.493 e. The summed E-state index contributed by atoms with van der Waals surface area (Å²) < 4.78 is 144. The predicted octanol–water partition coefficient (Wildman–Crippen LogP) is 2.11. The topological polar surface area (TPSA) is 519 Å². The first kappa shape index (κ1) is 102. The van der Waals surface area contributed by atoms with Crippen molar-refractivity contribution in [1.29, 1.82) is 0 Å². The van der Waals surface area contributed by atoms with Crippen LogP contribution < -0.4 is 54.3 Å². The highest BCUT2D eigenvalue weighted by Gasteiger charge is 2.60. The van der Waals surface area contributed by atoms with Crippen molar-refractivity contribution in [2.45, 2.75) is 144 Å². The van der Waals surface area contributed by atoms with Gasteiger partial charge in [-0.05, 0) is 109 Å². The van der Waals surface area contributed by atoms with E-state index in [2.05, 4.69) is 19.9 Å². The van der Waals surface area contributed by atoms with Gasteiger partial charge in [-0.1, -0.05) is 6.64 Å². The lowest BCUT2D eigenvalue weighted by Crippen LogP contribution is -2.65. The van der Waals surface area contributed by atoms with Crippen LogP contribution in [0.15, 0.2) is 48.5 Å². The minimum Gasteiger partial charge on any atom is -0.493 e. The van der Waals surface area contributed by atoms with E-state index in [1.165, 1.54) is 31.1 Å². The third-order valence-electron chi connectivity index (χ3n) is 24.4. The first-order chi connectivity index (χ1) is 64.7.